The number of aryl methyl sites for hydroxylation is 2. The summed E-state index contributed by atoms with van der Waals surface area (Å²) >= 11 is 0. The van der Waals surface area contributed by atoms with Gasteiger partial charge in [-0.1, -0.05) is 42.5 Å². The molecule has 1 aliphatic rings. The second-order valence-electron chi connectivity index (χ2n) is 7.37. The maximum Gasteiger partial charge on any atom is 0.345 e. The number of esters is 3. The van der Waals surface area contributed by atoms with Crippen molar-refractivity contribution in [2.45, 2.75) is 57.5 Å². The second kappa shape index (κ2) is 10.6. The van der Waals surface area contributed by atoms with E-state index in [1.165, 1.54) is 5.56 Å². The van der Waals surface area contributed by atoms with Gasteiger partial charge in [-0.05, 0) is 68.2 Å². The monoisotopic (exact) mass is 394 g/mol. The Hall–Kier alpha value is -2.95. The quantitative estimate of drug-likeness (QED) is 0.490. The van der Waals surface area contributed by atoms with E-state index in [0.29, 0.717) is 0 Å². The van der Waals surface area contributed by atoms with Crippen molar-refractivity contribution in [2.75, 3.05) is 0 Å². The summed E-state index contributed by atoms with van der Waals surface area (Å²) in [6.45, 7) is 0. The van der Waals surface area contributed by atoms with Crippen molar-refractivity contribution in [3.8, 4) is 0 Å². The van der Waals surface area contributed by atoms with Gasteiger partial charge in [0, 0.05) is 0 Å². The molecule has 29 heavy (non-hydrogen) atoms. The summed E-state index contributed by atoms with van der Waals surface area (Å²) in [6, 6.07) is 17.3. The normalized spacial score (nSPS) is 13.8. The van der Waals surface area contributed by atoms with Crippen LogP contribution in [0.2, 0.25) is 0 Å². The van der Waals surface area contributed by atoms with Crippen molar-refractivity contribution in [2.24, 2.45) is 0 Å². The van der Waals surface area contributed by atoms with Crippen LogP contribution in [0.25, 0.3) is 0 Å². The third kappa shape index (κ3) is 6.86. The van der Waals surface area contributed by atoms with Crippen LogP contribution in [0.5, 0.6) is 0 Å². The van der Waals surface area contributed by atoms with Crippen molar-refractivity contribution in [3.63, 3.8) is 0 Å². The van der Waals surface area contributed by atoms with Crippen molar-refractivity contribution in [1.29, 1.82) is 0 Å². The van der Waals surface area contributed by atoms with E-state index >= 15 is 0 Å². The lowest BCUT2D eigenvalue weighted by Gasteiger charge is -2.10. The molecule has 0 heterocycles. The van der Waals surface area contributed by atoms with Gasteiger partial charge in [0.2, 0.25) is 0 Å². The number of carbonyl (C=O) groups excluding carboxylic acids is 3. The van der Waals surface area contributed by atoms with Gasteiger partial charge in [-0.2, -0.15) is 0 Å². The Kier molecular flexibility index (Phi) is 7.56. The Balaban J connectivity index is 1.40. The summed E-state index contributed by atoms with van der Waals surface area (Å²) in [5.74, 6) is -2.27. The van der Waals surface area contributed by atoms with Crippen LogP contribution in [0.3, 0.4) is 0 Å². The highest BCUT2D eigenvalue weighted by atomic mass is 16.6. The topological polar surface area (TPSA) is 69.7 Å². The number of ether oxygens (including phenoxy) is 2. The Bertz CT molecular complexity index is 820. The van der Waals surface area contributed by atoms with Crippen LogP contribution in [0.4, 0.5) is 0 Å². The highest BCUT2D eigenvalue weighted by molar-refractivity contribution is 6.01. The second-order valence-corrected chi connectivity index (χ2v) is 7.37. The van der Waals surface area contributed by atoms with E-state index in [-0.39, 0.29) is 11.7 Å². The van der Waals surface area contributed by atoms with Crippen LogP contribution in [-0.2, 0) is 31.9 Å². The lowest BCUT2D eigenvalue weighted by molar-refractivity contribution is -0.155. The summed E-state index contributed by atoms with van der Waals surface area (Å²) in [5, 5.41) is 0. The average molecular weight is 394 g/mol. The van der Waals surface area contributed by atoms with Crippen LogP contribution in [0, 0.1) is 0 Å². The third-order valence-corrected chi connectivity index (χ3v) is 5.06. The molecule has 2 aromatic carbocycles. The maximum atomic E-state index is 12.1. The minimum absolute atomic E-state index is 0.111. The van der Waals surface area contributed by atoms with E-state index in [2.05, 4.69) is 12.1 Å². The molecule has 0 radical (unpaired) electrons. The van der Waals surface area contributed by atoms with Gasteiger partial charge < -0.3 is 9.47 Å². The SMILES string of the molecule is O=C(CC(=O)OC1CCCC1)OC(=O)c1ccc(CCCc2ccccc2)cc1. The maximum absolute atomic E-state index is 12.1. The molecule has 0 saturated heterocycles. The molecule has 0 bridgehead atoms. The lowest BCUT2D eigenvalue weighted by Crippen LogP contribution is -2.21. The Labute approximate surface area is 171 Å². The van der Waals surface area contributed by atoms with E-state index in [1.54, 1.807) is 12.1 Å². The zero-order valence-electron chi connectivity index (χ0n) is 16.5. The Morgan fingerprint density at radius 3 is 2.07 bits per heavy atom. The molecular weight excluding hydrogens is 368 g/mol. The zero-order valence-corrected chi connectivity index (χ0v) is 16.5. The number of benzene rings is 2. The molecule has 0 amide bonds. The first kappa shape index (κ1) is 20.8. The van der Waals surface area contributed by atoms with E-state index in [0.717, 1.165) is 50.5 Å². The van der Waals surface area contributed by atoms with Crippen LogP contribution >= 0.6 is 0 Å². The summed E-state index contributed by atoms with van der Waals surface area (Å²) in [6.07, 6.45) is 5.98. The summed E-state index contributed by atoms with van der Waals surface area (Å²) < 4.78 is 9.98. The van der Waals surface area contributed by atoms with Crippen LogP contribution in [-0.4, -0.2) is 24.0 Å². The van der Waals surface area contributed by atoms with Gasteiger partial charge in [0.05, 0.1) is 5.56 Å². The van der Waals surface area contributed by atoms with Crippen molar-refractivity contribution in [1.82, 2.24) is 0 Å². The minimum atomic E-state index is -0.884. The zero-order chi connectivity index (χ0) is 20.5. The molecule has 152 valence electrons. The molecule has 5 heteroatoms. The van der Waals surface area contributed by atoms with Crippen molar-refractivity contribution >= 4 is 17.9 Å². The smallest absolute Gasteiger partial charge is 0.345 e. The molecule has 0 aromatic heterocycles. The first-order valence-electron chi connectivity index (χ1n) is 10.2. The summed E-state index contributed by atoms with van der Waals surface area (Å²) in [7, 11) is 0. The molecule has 1 fully saturated rings. The van der Waals surface area contributed by atoms with Gasteiger partial charge in [-0.25, -0.2) is 4.79 Å². The number of carbonyl (C=O) groups is 3. The highest BCUT2D eigenvalue weighted by Gasteiger charge is 2.22. The van der Waals surface area contributed by atoms with Crippen LogP contribution in [0.15, 0.2) is 54.6 Å². The van der Waals surface area contributed by atoms with Crippen LogP contribution < -0.4 is 0 Å². The van der Waals surface area contributed by atoms with Gasteiger partial charge in [-0.15, -0.1) is 0 Å². The Morgan fingerprint density at radius 2 is 1.41 bits per heavy atom. The fraction of sp³-hybridized carbons (Fsp3) is 0.375. The highest BCUT2D eigenvalue weighted by Crippen LogP contribution is 2.21. The fourth-order valence-corrected chi connectivity index (χ4v) is 3.50. The van der Waals surface area contributed by atoms with Gasteiger partial charge in [0.25, 0.3) is 0 Å². The molecule has 0 aliphatic heterocycles. The number of hydrogen-bond acceptors (Lipinski definition) is 5. The average Bonchev–Trinajstić information content (AvgIpc) is 3.22. The number of hydrogen-bond donors (Lipinski definition) is 0. The van der Waals surface area contributed by atoms with Crippen LogP contribution in [0.1, 0.15) is 60.0 Å². The van der Waals surface area contributed by atoms with E-state index < -0.39 is 24.3 Å². The van der Waals surface area contributed by atoms with E-state index in [1.807, 2.05) is 30.3 Å². The standard InChI is InChI=1S/C24H26O5/c25-22(28-21-11-4-5-12-21)17-23(26)29-24(27)20-15-13-19(14-16-20)10-6-9-18-7-2-1-3-8-18/h1-3,7-8,13-16,21H,4-6,9-12,17H2. The fourth-order valence-electron chi connectivity index (χ4n) is 3.50. The molecule has 5 nitrogen and oxygen atoms in total. The molecule has 1 aliphatic carbocycles. The molecule has 3 rings (SSSR count). The number of rotatable bonds is 8. The summed E-state index contributed by atoms with van der Waals surface area (Å²) in [4.78, 5) is 35.6. The molecule has 0 atom stereocenters. The molecule has 0 spiro atoms. The van der Waals surface area contributed by atoms with E-state index in [9.17, 15) is 14.4 Å². The molecule has 2 aromatic rings. The van der Waals surface area contributed by atoms with Crippen molar-refractivity contribution in [3.05, 3.63) is 71.3 Å². The van der Waals surface area contributed by atoms with Gasteiger partial charge >= 0.3 is 17.9 Å². The van der Waals surface area contributed by atoms with Crippen molar-refractivity contribution < 1.29 is 23.9 Å². The largest absolute Gasteiger partial charge is 0.462 e. The predicted molar refractivity (Wildman–Crippen MR) is 108 cm³/mol. The molecular formula is C24H26O5. The van der Waals surface area contributed by atoms with Gasteiger partial charge in [0.1, 0.15) is 12.5 Å². The minimum Gasteiger partial charge on any atom is -0.462 e. The third-order valence-electron chi connectivity index (χ3n) is 5.06. The molecule has 0 N–H and O–H groups in total. The van der Waals surface area contributed by atoms with E-state index in [4.69, 9.17) is 9.47 Å². The predicted octanol–water partition coefficient (Wildman–Crippen LogP) is 4.42. The molecule has 1 saturated carbocycles. The van der Waals surface area contributed by atoms with Gasteiger partial charge in [-0.3, -0.25) is 9.59 Å². The molecule has 0 unspecified atom stereocenters. The van der Waals surface area contributed by atoms with Gasteiger partial charge in [0.15, 0.2) is 0 Å². The lowest BCUT2D eigenvalue weighted by atomic mass is 10.0. The Morgan fingerprint density at radius 1 is 0.793 bits per heavy atom. The first-order valence-corrected chi connectivity index (χ1v) is 10.2. The summed E-state index contributed by atoms with van der Waals surface area (Å²) in [5.41, 5.74) is 2.70. The first-order chi connectivity index (χ1) is 14.1.